The van der Waals surface area contributed by atoms with Crippen LogP contribution in [0.2, 0.25) is 0 Å². The lowest BCUT2D eigenvalue weighted by atomic mass is 10.1. The summed E-state index contributed by atoms with van der Waals surface area (Å²) in [5, 5.41) is 2.71. The number of furan rings is 1. The fraction of sp³-hybridized carbons (Fsp3) is 0.381. The molecule has 29 heavy (non-hydrogen) atoms. The summed E-state index contributed by atoms with van der Waals surface area (Å²) in [6, 6.07) is 8.90. The van der Waals surface area contributed by atoms with E-state index in [1.807, 2.05) is 13.0 Å². The first-order valence-electron chi connectivity index (χ1n) is 9.33. The number of anilines is 1. The van der Waals surface area contributed by atoms with Gasteiger partial charge in [0.15, 0.2) is 6.10 Å². The van der Waals surface area contributed by atoms with Crippen molar-refractivity contribution in [2.45, 2.75) is 32.9 Å². The lowest BCUT2D eigenvalue weighted by Gasteiger charge is -2.18. The van der Waals surface area contributed by atoms with Crippen LogP contribution in [0.5, 0.6) is 5.75 Å². The molecule has 0 unspecified atom stereocenters. The van der Waals surface area contributed by atoms with Gasteiger partial charge in [0.1, 0.15) is 11.5 Å². The van der Waals surface area contributed by atoms with Gasteiger partial charge in [-0.25, -0.2) is 0 Å². The molecule has 1 aromatic carbocycles. The van der Waals surface area contributed by atoms with E-state index in [-0.39, 0.29) is 18.9 Å². The summed E-state index contributed by atoms with van der Waals surface area (Å²) in [5.41, 5.74) is 1.45. The fourth-order valence-electron chi connectivity index (χ4n) is 3.15. The Morgan fingerprint density at radius 1 is 1.34 bits per heavy atom. The monoisotopic (exact) mass is 400 g/mol. The highest BCUT2D eigenvalue weighted by molar-refractivity contribution is 5.97. The summed E-state index contributed by atoms with van der Waals surface area (Å²) >= 11 is 0. The van der Waals surface area contributed by atoms with Crippen LogP contribution in [0.4, 0.5) is 5.69 Å². The largest absolute Gasteiger partial charge is 0.495 e. The molecule has 0 spiro atoms. The number of aryl methyl sites for hydroxylation is 1. The van der Waals surface area contributed by atoms with Crippen molar-refractivity contribution in [2.75, 3.05) is 19.0 Å². The minimum absolute atomic E-state index is 0.0551. The summed E-state index contributed by atoms with van der Waals surface area (Å²) < 4.78 is 15.8. The molecule has 1 N–H and O–H groups in total. The average molecular weight is 400 g/mol. The van der Waals surface area contributed by atoms with E-state index in [0.29, 0.717) is 23.7 Å². The second kappa shape index (κ2) is 8.81. The van der Waals surface area contributed by atoms with Crippen molar-refractivity contribution in [3.05, 3.63) is 47.9 Å². The maximum atomic E-state index is 12.5. The number of carbonyl (C=O) groups is 3. The normalized spacial score (nSPS) is 17.1. The zero-order valence-corrected chi connectivity index (χ0v) is 16.6. The van der Waals surface area contributed by atoms with E-state index in [1.165, 1.54) is 20.3 Å². The van der Waals surface area contributed by atoms with Crippen LogP contribution < -0.4 is 10.1 Å². The number of nitrogens with zero attached hydrogens (tertiary/aromatic N) is 1. The number of hydrogen-bond donors (Lipinski definition) is 1. The van der Waals surface area contributed by atoms with E-state index < -0.39 is 23.9 Å². The summed E-state index contributed by atoms with van der Waals surface area (Å²) in [7, 11) is 1.51. The molecule has 8 heteroatoms. The minimum Gasteiger partial charge on any atom is -0.495 e. The van der Waals surface area contributed by atoms with E-state index in [1.54, 1.807) is 29.2 Å². The van der Waals surface area contributed by atoms with Crippen LogP contribution >= 0.6 is 0 Å². The van der Waals surface area contributed by atoms with Gasteiger partial charge in [0.25, 0.3) is 5.91 Å². The Bertz CT molecular complexity index is 893. The molecule has 0 bridgehead atoms. The Balaban J connectivity index is 1.55. The third-order valence-corrected chi connectivity index (χ3v) is 4.75. The first-order valence-corrected chi connectivity index (χ1v) is 9.33. The fourth-order valence-corrected chi connectivity index (χ4v) is 3.15. The van der Waals surface area contributed by atoms with E-state index >= 15 is 0 Å². The van der Waals surface area contributed by atoms with Crippen molar-refractivity contribution in [3.63, 3.8) is 0 Å². The van der Waals surface area contributed by atoms with E-state index in [9.17, 15) is 14.4 Å². The quantitative estimate of drug-likeness (QED) is 0.717. The predicted octanol–water partition coefficient (Wildman–Crippen LogP) is 2.52. The SMILES string of the molecule is COc1ccc(C)cc1NC(=O)[C@@H](C)OC(=O)[C@@H]1CC(=O)N(Cc2ccco2)C1. The second-order valence-electron chi connectivity index (χ2n) is 7.03. The first-order chi connectivity index (χ1) is 13.9. The van der Waals surface area contributed by atoms with E-state index in [2.05, 4.69) is 5.32 Å². The van der Waals surface area contributed by atoms with Crippen molar-refractivity contribution < 1.29 is 28.3 Å². The molecule has 2 atom stereocenters. The molecule has 2 aromatic rings. The van der Waals surface area contributed by atoms with Gasteiger partial charge in [-0.2, -0.15) is 0 Å². The van der Waals surface area contributed by atoms with Gasteiger partial charge in [0, 0.05) is 13.0 Å². The maximum Gasteiger partial charge on any atom is 0.312 e. The molecule has 154 valence electrons. The highest BCUT2D eigenvalue weighted by Gasteiger charge is 2.37. The lowest BCUT2D eigenvalue weighted by Crippen LogP contribution is -2.33. The molecule has 1 aliphatic heterocycles. The summed E-state index contributed by atoms with van der Waals surface area (Å²) in [6.07, 6.45) is 0.576. The molecule has 1 aliphatic rings. The molecule has 1 fully saturated rings. The molecule has 2 amide bonds. The van der Waals surface area contributed by atoms with Gasteiger partial charge in [0.05, 0.1) is 31.5 Å². The van der Waals surface area contributed by atoms with Crippen LogP contribution in [-0.4, -0.2) is 42.4 Å². The Labute approximate surface area is 168 Å². The number of nitrogens with one attached hydrogen (secondary N) is 1. The number of rotatable bonds is 7. The number of amides is 2. The third-order valence-electron chi connectivity index (χ3n) is 4.75. The first kappa shape index (κ1) is 20.4. The lowest BCUT2D eigenvalue weighted by molar-refractivity contribution is -0.157. The van der Waals surface area contributed by atoms with Gasteiger partial charge in [0.2, 0.25) is 5.91 Å². The Hall–Kier alpha value is -3.29. The van der Waals surface area contributed by atoms with Crippen LogP contribution in [0.25, 0.3) is 0 Å². The topological polar surface area (TPSA) is 98.1 Å². The summed E-state index contributed by atoms with van der Waals surface area (Å²) in [6.45, 7) is 3.92. The number of esters is 1. The molecule has 0 radical (unpaired) electrons. The van der Waals surface area contributed by atoms with Crippen molar-refractivity contribution in [1.82, 2.24) is 4.90 Å². The molecular formula is C21H24N2O6. The van der Waals surface area contributed by atoms with Gasteiger partial charge in [-0.05, 0) is 43.7 Å². The molecule has 8 nitrogen and oxygen atoms in total. The van der Waals surface area contributed by atoms with Gasteiger partial charge in [-0.3, -0.25) is 14.4 Å². The average Bonchev–Trinajstić information content (AvgIpc) is 3.32. The van der Waals surface area contributed by atoms with E-state index in [0.717, 1.165) is 5.56 Å². The van der Waals surface area contributed by atoms with Crippen molar-refractivity contribution in [2.24, 2.45) is 5.92 Å². The van der Waals surface area contributed by atoms with Crippen LogP contribution in [0, 0.1) is 12.8 Å². The molecular weight excluding hydrogens is 376 g/mol. The third kappa shape index (κ3) is 4.96. The molecule has 3 rings (SSSR count). The number of likely N-dealkylation sites (tertiary alicyclic amines) is 1. The van der Waals surface area contributed by atoms with Crippen LogP contribution in [0.3, 0.4) is 0 Å². The van der Waals surface area contributed by atoms with Crippen LogP contribution in [-0.2, 0) is 25.7 Å². The zero-order valence-electron chi connectivity index (χ0n) is 16.6. The van der Waals surface area contributed by atoms with Gasteiger partial charge in [-0.1, -0.05) is 6.07 Å². The highest BCUT2D eigenvalue weighted by atomic mass is 16.5. The number of ether oxygens (including phenoxy) is 2. The second-order valence-corrected chi connectivity index (χ2v) is 7.03. The molecule has 1 saturated heterocycles. The standard InChI is InChI=1S/C21H24N2O6/c1-13-6-7-18(27-3)17(9-13)22-20(25)14(2)29-21(26)15-10-19(24)23(11-15)12-16-5-4-8-28-16/h4-9,14-15H,10-12H2,1-3H3,(H,22,25)/t14-,15-/m1/s1. The highest BCUT2D eigenvalue weighted by Crippen LogP contribution is 2.26. The van der Waals surface area contributed by atoms with Gasteiger partial charge in [-0.15, -0.1) is 0 Å². The Morgan fingerprint density at radius 2 is 2.14 bits per heavy atom. The van der Waals surface area contributed by atoms with Crippen molar-refractivity contribution in [1.29, 1.82) is 0 Å². The van der Waals surface area contributed by atoms with Crippen molar-refractivity contribution in [3.8, 4) is 5.75 Å². The number of benzene rings is 1. The van der Waals surface area contributed by atoms with Crippen LogP contribution in [0.1, 0.15) is 24.7 Å². The summed E-state index contributed by atoms with van der Waals surface area (Å²) in [4.78, 5) is 38.6. The Kier molecular flexibility index (Phi) is 6.21. The minimum atomic E-state index is -1.01. The van der Waals surface area contributed by atoms with Gasteiger partial charge >= 0.3 is 5.97 Å². The van der Waals surface area contributed by atoms with Gasteiger partial charge < -0.3 is 24.1 Å². The number of carbonyl (C=O) groups excluding carboxylic acids is 3. The molecule has 0 aliphatic carbocycles. The van der Waals surface area contributed by atoms with Crippen LogP contribution in [0.15, 0.2) is 41.0 Å². The molecule has 2 heterocycles. The number of methoxy groups -OCH3 is 1. The predicted molar refractivity (Wildman–Crippen MR) is 104 cm³/mol. The molecule has 0 saturated carbocycles. The smallest absolute Gasteiger partial charge is 0.312 e. The zero-order chi connectivity index (χ0) is 21.0. The number of hydrogen-bond acceptors (Lipinski definition) is 6. The maximum absolute atomic E-state index is 12.5. The van der Waals surface area contributed by atoms with Crippen molar-refractivity contribution >= 4 is 23.5 Å². The Morgan fingerprint density at radius 3 is 2.83 bits per heavy atom. The summed E-state index contributed by atoms with van der Waals surface area (Å²) in [5.74, 6) is -0.644. The van der Waals surface area contributed by atoms with E-state index in [4.69, 9.17) is 13.9 Å². The molecule has 1 aromatic heterocycles.